The fourth-order valence-corrected chi connectivity index (χ4v) is 4.32. The largest absolute Gasteiger partial charge is 0.418 e. The van der Waals surface area contributed by atoms with Crippen molar-refractivity contribution in [3.8, 4) is 0 Å². The number of anilines is 2. The maximum atomic E-state index is 13.2. The summed E-state index contributed by atoms with van der Waals surface area (Å²) in [6, 6.07) is 11.3. The van der Waals surface area contributed by atoms with Gasteiger partial charge in [-0.3, -0.25) is 19.9 Å². The van der Waals surface area contributed by atoms with Crippen LogP contribution in [0.4, 0.5) is 24.5 Å². The number of nitrogens with zero attached hydrogens (tertiary/aromatic N) is 2. The fourth-order valence-electron chi connectivity index (χ4n) is 3.35. The first-order valence-electron chi connectivity index (χ1n) is 9.48. The van der Waals surface area contributed by atoms with E-state index >= 15 is 0 Å². The molecule has 2 aromatic carbocycles. The molecule has 0 bridgehead atoms. The molecule has 168 valence electrons. The summed E-state index contributed by atoms with van der Waals surface area (Å²) >= 11 is 6.90. The highest BCUT2D eigenvalue weighted by Crippen LogP contribution is 2.35. The second kappa shape index (κ2) is 9.10. The zero-order valence-corrected chi connectivity index (χ0v) is 17.9. The summed E-state index contributed by atoms with van der Waals surface area (Å²) in [7, 11) is 0. The van der Waals surface area contributed by atoms with E-state index in [0.29, 0.717) is 17.3 Å². The van der Waals surface area contributed by atoms with Crippen molar-refractivity contribution in [3.05, 3.63) is 59.1 Å². The van der Waals surface area contributed by atoms with Crippen molar-refractivity contribution in [2.75, 3.05) is 22.5 Å². The van der Waals surface area contributed by atoms with Crippen LogP contribution in [-0.2, 0) is 15.8 Å². The highest BCUT2D eigenvalue weighted by Gasteiger charge is 2.42. The van der Waals surface area contributed by atoms with Gasteiger partial charge in [0.25, 0.3) is 0 Å². The van der Waals surface area contributed by atoms with Crippen LogP contribution in [0.25, 0.3) is 0 Å². The van der Waals surface area contributed by atoms with Gasteiger partial charge in [0.15, 0.2) is 5.17 Å². The van der Waals surface area contributed by atoms with Crippen molar-refractivity contribution in [2.45, 2.75) is 12.3 Å². The summed E-state index contributed by atoms with van der Waals surface area (Å²) in [6.45, 7) is 0.393. The molecule has 0 aliphatic carbocycles. The van der Waals surface area contributed by atoms with E-state index < -0.39 is 29.7 Å². The number of benzene rings is 2. The molecular weight excluding hydrogens is 467 g/mol. The van der Waals surface area contributed by atoms with Gasteiger partial charge in [0.05, 0.1) is 28.6 Å². The lowest BCUT2D eigenvalue weighted by atomic mass is 10.0. The number of aliphatic imine (C=N–C) groups is 1. The first-order valence-corrected chi connectivity index (χ1v) is 10.8. The Kier molecular flexibility index (Phi) is 6.42. The number of hydrogen-bond donors (Lipinski definition) is 3. The zero-order valence-electron chi connectivity index (χ0n) is 16.3. The molecule has 2 aliphatic heterocycles. The molecule has 32 heavy (non-hydrogen) atoms. The number of para-hydroxylation sites is 1. The normalized spacial score (nSPS) is 20.7. The van der Waals surface area contributed by atoms with E-state index in [1.165, 1.54) is 23.1 Å². The third kappa shape index (κ3) is 4.75. The average molecular weight is 484 g/mol. The van der Waals surface area contributed by atoms with Gasteiger partial charge in [-0.25, -0.2) is 10.4 Å². The van der Waals surface area contributed by atoms with Gasteiger partial charge in [-0.2, -0.15) is 13.2 Å². The molecule has 4 rings (SSSR count). The molecule has 12 heteroatoms. The van der Waals surface area contributed by atoms with Gasteiger partial charge in [-0.15, -0.1) is 0 Å². The van der Waals surface area contributed by atoms with E-state index in [4.69, 9.17) is 11.6 Å². The maximum absolute atomic E-state index is 13.2. The van der Waals surface area contributed by atoms with Crippen LogP contribution in [0.5, 0.6) is 0 Å². The number of nitrogens with one attached hydrogen (secondary N) is 3. The maximum Gasteiger partial charge on any atom is 0.418 e. The number of rotatable bonds is 4. The van der Waals surface area contributed by atoms with Crippen LogP contribution in [0.2, 0.25) is 5.02 Å². The number of amidine groups is 1. The third-order valence-corrected chi connectivity index (χ3v) is 6.06. The molecule has 2 unspecified atom stereocenters. The summed E-state index contributed by atoms with van der Waals surface area (Å²) in [5, 5.41) is 3.05. The number of carbonyl (C=O) groups excluding carboxylic acids is 2. The molecule has 3 N–H and O–H groups in total. The molecule has 2 amide bonds. The molecule has 0 radical (unpaired) electrons. The summed E-state index contributed by atoms with van der Waals surface area (Å²) in [5.74, 6) is -1.54. The van der Waals surface area contributed by atoms with E-state index in [1.54, 1.807) is 24.3 Å². The Balaban J connectivity index is 1.52. The van der Waals surface area contributed by atoms with E-state index in [1.807, 2.05) is 0 Å². The number of hydrogen-bond acceptors (Lipinski definition) is 6. The highest BCUT2D eigenvalue weighted by molar-refractivity contribution is 8.14. The lowest BCUT2D eigenvalue weighted by molar-refractivity contribution is -0.137. The smallest absolute Gasteiger partial charge is 0.325 e. The molecule has 1 saturated heterocycles. The predicted molar refractivity (Wildman–Crippen MR) is 117 cm³/mol. The van der Waals surface area contributed by atoms with Crippen molar-refractivity contribution in [1.29, 1.82) is 0 Å². The molecule has 7 nitrogen and oxygen atoms in total. The number of amides is 2. The number of alkyl halides is 3. The Hall–Kier alpha value is -2.60. The standard InChI is InChI=1S/C20H17ClF3N5O2S/c21-11-5-7-12(8-6-11)29-18(31)13-9-25-28-17(13)27-19(29)32-10-16(30)26-15-4-2-1-3-14(15)20(22,23)24/h1-8,13,17,25,28H,9-10H2,(H,26,30). The topological polar surface area (TPSA) is 85.8 Å². The predicted octanol–water partition coefficient (Wildman–Crippen LogP) is 3.48. The first kappa shape index (κ1) is 22.6. The zero-order chi connectivity index (χ0) is 22.9. The van der Waals surface area contributed by atoms with Crippen LogP contribution in [-0.4, -0.2) is 35.4 Å². The molecule has 2 aliphatic rings. The van der Waals surface area contributed by atoms with Crippen LogP contribution < -0.4 is 21.1 Å². The second-order valence-corrected chi connectivity index (χ2v) is 8.40. The number of hydrazine groups is 1. The summed E-state index contributed by atoms with van der Waals surface area (Å²) in [5.41, 5.74) is 5.06. The molecule has 2 heterocycles. The molecule has 0 saturated carbocycles. The Bertz CT molecular complexity index is 1060. The van der Waals surface area contributed by atoms with Gasteiger partial charge in [0.2, 0.25) is 11.8 Å². The summed E-state index contributed by atoms with van der Waals surface area (Å²) in [4.78, 5) is 31.4. The number of fused-ring (bicyclic) bond motifs is 1. The Morgan fingerprint density at radius 2 is 1.94 bits per heavy atom. The second-order valence-electron chi connectivity index (χ2n) is 7.02. The molecule has 1 fully saturated rings. The van der Waals surface area contributed by atoms with E-state index in [2.05, 4.69) is 21.2 Å². The number of thioether (sulfide) groups is 1. The number of carbonyl (C=O) groups is 2. The fraction of sp³-hybridized carbons (Fsp3) is 0.250. The van der Waals surface area contributed by atoms with Gasteiger partial charge in [-0.1, -0.05) is 35.5 Å². The average Bonchev–Trinajstić information content (AvgIpc) is 3.22. The van der Waals surface area contributed by atoms with Crippen molar-refractivity contribution in [2.24, 2.45) is 10.9 Å². The Morgan fingerprint density at radius 1 is 1.22 bits per heavy atom. The third-order valence-electron chi connectivity index (χ3n) is 4.86. The quantitative estimate of drug-likeness (QED) is 0.620. The molecule has 2 aromatic rings. The first-order chi connectivity index (χ1) is 15.2. The van der Waals surface area contributed by atoms with Crippen LogP contribution in [0.1, 0.15) is 5.56 Å². The van der Waals surface area contributed by atoms with Crippen molar-refractivity contribution in [1.82, 2.24) is 10.9 Å². The monoisotopic (exact) mass is 483 g/mol. The molecule has 0 spiro atoms. The summed E-state index contributed by atoms with van der Waals surface area (Å²) < 4.78 is 39.5. The van der Waals surface area contributed by atoms with Crippen molar-refractivity contribution >= 4 is 51.7 Å². The van der Waals surface area contributed by atoms with E-state index in [0.717, 1.165) is 17.8 Å². The molecule has 0 aromatic heterocycles. The molecule has 2 atom stereocenters. The number of halogens is 4. The van der Waals surface area contributed by atoms with Crippen LogP contribution in [0, 0.1) is 5.92 Å². The Labute approximate surface area is 190 Å². The SMILES string of the molecule is O=C(CSC1=NC2NNCC2C(=O)N1c1ccc(Cl)cc1)Nc1ccccc1C(F)(F)F. The van der Waals surface area contributed by atoms with E-state index in [9.17, 15) is 22.8 Å². The Morgan fingerprint density at radius 3 is 2.66 bits per heavy atom. The highest BCUT2D eigenvalue weighted by atomic mass is 35.5. The van der Waals surface area contributed by atoms with Gasteiger partial charge < -0.3 is 5.32 Å². The van der Waals surface area contributed by atoms with Crippen LogP contribution >= 0.6 is 23.4 Å². The van der Waals surface area contributed by atoms with Gasteiger partial charge in [0.1, 0.15) is 6.17 Å². The lowest BCUT2D eigenvalue weighted by Gasteiger charge is -2.32. The van der Waals surface area contributed by atoms with Crippen molar-refractivity contribution in [3.63, 3.8) is 0 Å². The summed E-state index contributed by atoms with van der Waals surface area (Å²) in [6.07, 6.45) is -5.10. The van der Waals surface area contributed by atoms with Crippen LogP contribution in [0.3, 0.4) is 0 Å². The van der Waals surface area contributed by atoms with Gasteiger partial charge in [-0.05, 0) is 36.4 Å². The van der Waals surface area contributed by atoms with Crippen LogP contribution in [0.15, 0.2) is 53.5 Å². The van der Waals surface area contributed by atoms with Crippen molar-refractivity contribution < 1.29 is 22.8 Å². The minimum Gasteiger partial charge on any atom is -0.325 e. The van der Waals surface area contributed by atoms with Gasteiger partial charge >= 0.3 is 6.18 Å². The lowest BCUT2D eigenvalue weighted by Crippen LogP contribution is -2.49. The molecular formula is C20H17ClF3N5O2S. The minimum absolute atomic E-state index is 0.213. The van der Waals surface area contributed by atoms with Gasteiger partial charge in [0, 0.05) is 11.6 Å². The van der Waals surface area contributed by atoms with E-state index in [-0.39, 0.29) is 22.5 Å². The minimum atomic E-state index is -4.60.